The van der Waals surface area contributed by atoms with Gasteiger partial charge in [0.1, 0.15) is 0 Å². The highest BCUT2D eigenvalue weighted by Crippen LogP contribution is 2.72. The second-order valence-electron chi connectivity index (χ2n) is 11.8. The Morgan fingerprint density at radius 1 is 1.09 bits per heavy atom. The molecule has 5 aliphatic carbocycles. The van der Waals surface area contributed by atoms with Gasteiger partial charge < -0.3 is 20.4 Å². The maximum Gasteiger partial charge on any atom is 0.175 e. The molecule has 0 aromatic carbocycles. The van der Waals surface area contributed by atoms with Crippen LogP contribution in [0.15, 0.2) is 41.9 Å². The number of aliphatic hydroxyl groups excluding tert-OH is 2. The fraction of sp³-hybridized carbons (Fsp3) is 0.750. The average Bonchev–Trinajstić information content (AvgIpc) is 3.07. The number of hydrogen-bond acceptors (Lipinski definition) is 4. The molecule has 4 N–H and O–H groups in total. The molecule has 0 saturated heterocycles. The van der Waals surface area contributed by atoms with Gasteiger partial charge in [-0.25, -0.2) is 0 Å². The van der Waals surface area contributed by atoms with Crippen molar-refractivity contribution in [1.29, 1.82) is 0 Å². The van der Waals surface area contributed by atoms with Crippen LogP contribution in [-0.2, 0) is 0 Å². The number of hydrogen-bond donors (Lipinski definition) is 4. The lowest BCUT2D eigenvalue weighted by molar-refractivity contribution is -0.301. The van der Waals surface area contributed by atoms with E-state index in [0.29, 0.717) is 18.8 Å². The highest BCUT2D eigenvalue weighted by molar-refractivity contribution is 5.34. The van der Waals surface area contributed by atoms with Crippen molar-refractivity contribution >= 4 is 0 Å². The van der Waals surface area contributed by atoms with Crippen molar-refractivity contribution in [2.45, 2.75) is 89.9 Å². The van der Waals surface area contributed by atoms with Gasteiger partial charge in [0, 0.05) is 17.3 Å². The zero-order chi connectivity index (χ0) is 22.8. The summed E-state index contributed by atoms with van der Waals surface area (Å²) in [5, 5.41) is 45.3. The van der Waals surface area contributed by atoms with E-state index in [1.54, 1.807) is 6.08 Å². The van der Waals surface area contributed by atoms with E-state index in [1.165, 1.54) is 5.57 Å². The van der Waals surface area contributed by atoms with E-state index in [4.69, 9.17) is 0 Å². The maximum absolute atomic E-state index is 11.8. The largest absolute Gasteiger partial charge is 0.516 e. The minimum atomic E-state index is -1.89. The van der Waals surface area contributed by atoms with Crippen molar-refractivity contribution in [3.63, 3.8) is 0 Å². The van der Waals surface area contributed by atoms with Crippen LogP contribution in [0.2, 0.25) is 0 Å². The quantitative estimate of drug-likeness (QED) is 0.277. The van der Waals surface area contributed by atoms with Gasteiger partial charge in [-0.3, -0.25) is 0 Å². The molecule has 0 radical (unpaired) electrons. The first-order valence-corrected chi connectivity index (χ1v) is 12.8. The zero-order valence-corrected chi connectivity index (χ0v) is 19.6. The van der Waals surface area contributed by atoms with E-state index in [0.717, 1.165) is 57.6 Å². The Kier molecular flexibility index (Phi) is 5.34. The van der Waals surface area contributed by atoms with Crippen LogP contribution in [0.4, 0.5) is 0 Å². The molecule has 5 rings (SSSR count). The van der Waals surface area contributed by atoms with Crippen LogP contribution in [0.1, 0.15) is 78.1 Å². The molecule has 4 heteroatoms. The molecule has 0 heterocycles. The lowest BCUT2D eigenvalue weighted by Crippen LogP contribution is -2.64. The van der Waals surface area contributed by atoms with Crippen molar-refractivity contribution in [3.05, 3.63) is 41.9 Å². The summed E-state index contributed by atoms with van der Waals surface area (Å²) in [7, 11) is 0. The molecule has 7 atom stereocenters. The third-order valence-electron chi connectivity index (χ3n) is 10.8. The maximum atomic E-state index is 11.8. The third kappa shape index (κ3) is 2.79. The lowest BCUT2D eigenvalue weighted by atomic mass is 9.44. The molecule has 32 heavy (non-hydrogen) atoms. The Hall–Kier alpha value is -1.32. The van der Waals surface area contributed by atoms with Gasteiger partial charge >= 0.3 is 0 Å². The van der Waals surface area contributed by atoms with Gasteiger partial charge in [0.05, 0.1) is 17.8 Å². The van der Waals surface area contributed by atoms with Crippen molar-refractivity contribution in [2.75, 3.05) is 0 Å². The van der Waals surface area contributed by atoms with Crippen LogP contribution in [0.3, 0.4) is 0 Å². The summed E-state index contributed by atoms with van der Waals surface area (Å²) in [5.74, 6) is -1.36. The van der Waals surface area contributed by atoms with Crippen molar-refractivity contribution in [3.8, 4) is 0 Å². The van der Waals surface area contributed by atoms with E-state index >= 15 is 0 Å². The Labute approximate surface area is 192 Å². The zero-order valence-electron chi connectivity index (χ0n) is 19.6. The molecule has 4 fully saturated rings. The Morgan fingerprint density at radius 2 is 1.84 bits per heavy atom. The summed E-state index contributed by atoms with van der Waals surface area (Å²) in [6, 6.07) is 0. The predicted molar refractivity (Wildman–Crippen MR) is 124 cm³/mol. The normalized spacial score (nSPS) is 46.6. The van der Waals surface area contributed by atoms with Gasteiger partial charge in [-0.2, -0.15) is 0 Å². The van der Waals surface area contributed by atoms with Crippen molar-refractivity contribution < 1.29 is 20.4 Å². The predicted octanol–water partition coefficient (Wildman–Crippen LogP) is 5.17. The summed E-state index contributed by atoms with van der Waals surface area (Å²) >= 11 is 0. The fourth-order valence-corrected chi connectivity index (χ4v) is 9.28. The molecule has 0 amide bonds. The molecule has 0 bridgehead atoms. The minimum absolute atomic E-state index is 0.122. The first-order chi connectivity index (χ1) is 15.2. The van der Waals surface area contributed by atoms with E-state index < -0.39 is 22.7 Å². The smallest absolute Gasteiger partial charge is 0.175 e. The Balaban J connectivity index is 1.57. The highest BCUT2D eigenvalue weighted by atomic mass is 16.5. The molecule has 176 valence electrons. The minimum Gasteiger partial charge on any atom is -0.516 e. The van der Waals surface area contributed by atoms with Crippen molar-refractivity contribution in [2.24, 2.45) is 39.9 Å². The number of fused-ring (bicyclic) bond motifs is 5. The summed E-state index contributed by atoms with van der Waals surface area (Å²) < 4.78 is 0. The average molecular weight is 441 g/mol. The first-order valence-electron chi connectivity index (χ1n) is 12.8. The number of rotatable bonds is 3. The first kappa shape index (κ1) is 22.5. The molecule has 4 saturated carbocycles. The molecular formula is C28H40O4. The van der Waals surface area contributed by atoms with Gasteiger partial charge in [0.2, 0.25) is 0 Å². The molecule has 0 aromatic rings. The topological polar surface area (TPSA) is 80.9 Å². The standard InChI is InChI=1S/C28H40O4/c1-25-14-7-6-8-19(25)11-12-21-22-13-15-27(16-17-29,26(22,2)18-23(30)24(21)25)28(31,32)20-9-4-3-5-10-20/h6-7,14,16-17,20-24,29-32H,3-5,9-13,15,18H2,1-2H3/t21-,22-,23?,24+,25-,26-,27-/m0/s1. The molecule has 0 spiro atoms. The summed E-state index contributed by atoms with van der Waals surface area (Å²) in [6.07, 6.45) is 17.4. The molecule has 0 aliphatic heterocycles. The van der Waals surface area contributed by atoms with E-state index in [1.807, 2.05) is 6.08 Å². The number of allylic oxidation sites excluding steroid dienone is 3. The third-order valence-corrected chi connectivity index (χ3v) is 10.8. The second kappa shape index (κ2) is 7.60. The van der Waals surface area contributed by atoms with Gasteiger partial charge in [0.15, 0.2) is 5.79 Å². The van der Waals surface area contributed by atoms with Gasteiger partial charge in [0.25, 0.3) is 0 Å². The monoisotopic (exact) mass is 440 g/mol. The molecule has 4 nitrogen and oxygen atoms in total. The van der Waals surface area contributed by atoms with Crippen LogP contribution in [-0.4, -0.2) is 32.3 Å². The number of aliphatic hydroxyl groups is 4. The SMILES string of the molecule is C[C@]12C=CC=C=C1CC[C@@H]1[C@@H]2C(O)C[C@@]2(C)[C@H]1CC[C@@]2(C=CO)C(O)(O)C1CCCCC1. The molecular weight excluding hydrogens is 400 g/mol. The molecule has 1 unspecified atom stereocenters. The molecule has 5 aliphatic rings. The summed E-state index contributed by atoms with van der Waals surface area (Å²) in [6.45, 7) is 4.42. The van der Waals surface area contributed by atoms with Gasteiger partial charge in [-0.05, 0) is 79.9 Å². The highest BCUT2D eigenvalue weighted by Gasteiger charge is 2.71. The van der Waals surface area contributed by atoms with Crippen molar-refractivity contribution in [1.82, 2.24) is 0 Å². The fourth-order valence-electron chi connectivity index (χ4n) is 9.28. The lowest BCUT2D eigenvalue weighted by Gasteiger charge is -2.62. The van der Waals surface area contributed by atoms with E-state index in [-0.39, 0.29) is 23.2 Å². The van der Waals surface area contributed by atoms with E-state index in [2.05, 4.69) is 31.7 Å². The molecule has 0 aromatic heterocycles. The Bertz CT molecular complexity index is 874. The van der Waals surface area contributed by atoms with Crippen LogP contribution < -0.4 is 0 Å². The summed E-state index contributed by atoms with van der Waals surface area (Å²) in [4.78, 5) is 0. The van der Waals surface area contributed by atoms with Crippen LogP contribution in [0.25, 0.3) is 0 Å². The van der Waals surface area contributed by atoms with Gasteiger partial charge in [-0.1, -0.05) is 45.3 Å². The Morgan fingerprint density at radius 3 is 2.56 bits per heavy atom. The van der Waals surface area contributed by atoms with Crippen LogP contribution in [0, 0.1) is 39.9 Å². The van der Waals surface area contributed by atoms with E-state index in [9.17, 15) is 20.4 Å². The second-order valence-corrected chi connectivity index (χ2v) is 11.8. The van der Waals surface area contributed by atoms with Crippen LogP contribution in [0.5, 0.6) is 0 Å². The van der Waals surface area contributed by atoms with Gasteiger partial charge in [-0.15, -0.1) is 5.73 Å². The van der Waals surface area contributed by atoms with Crippen LogP contribution >= 0.6 is 0 Å². The summed E-state index contributed by atoms with van der Waals surface area (Å²) in [5.41, 5.74) is 3.13.